The second kappa shape index (κ2) is 4.64. The van der Waals surface area contributed by atoms with E-state index in [9.17, 15) is 4.79 Å². The highest BCUT2D eigenvalue weighted by molar-refractivity contribution is 6.19. The monoisotopic (exact) mass is 264 g/mol. The van der Waals surface area contributed by atoms with E-state index in [1.54, 1.807) is 13.2 Å². The van der Waals surface area contributed by atoms with Gasteiger partial charge in [-0.25, -0.2) is 0 Å². The molecule has 0 atom stereocenters. The normalized spacial score (nSPS) is 13.2. The molecule has 1 aliphatic carbocycles. The van der Waals surface area contributed by atoms with Gasteiger partial charge in [-0.1, -0.05) is 18.2 Å². The van der Waals surface area contributed by atoms with E-state index in [2.05, 4.69) is 13.0 Å². The molecule has 0 N–H and O–H groups in total. The summed E-state index contributed by atoms with van der Waals surface area (Å²) in [6.07, 6.45) is 1.73. The van der Waals surface area contributed by atoms with E-state index in [1.165, 1.54) is 5.56 Å². The van der Waals surface area contributed by atoms with Gasteiger partial charge in [0.1, 0.15) is 5.75 Å². The maximum atomic E-state index is 12.1. The molecule has 0 bridgehead atoms. The van der Waals surface area contributed by atoms with E-state index in [0.717, 1.165) is 33.6 Å². The molecule has 0 radical (unpaired) electrons. The Morgan fingerprint density at radius 3 is 2.10 bits per heavy atom. The topological polar surface area (TPSA) is 26.3 Å². The third-order valence-corrected chi connectivity index (χ3v) is 3.87. The summed E-state index contributed by atoms with van der Waals surface area (Å²) in [7, 11) is 1.65. The number of methoxy groups -OCH3 is 1. The fourth-order valence-corrected chi connectivity index (χ4v) is 2.54. The molecule has 20 heavy (non-hydrogen) atoms. The van der Waals surface area contributed by atoms with Crippen molar-refractivity contribution in [3.63, 3.8) is 0 Å². The van der Waals surface area contributed by atoms with Gasteiger partial charge in [-0.15, -0.1) is 0 Å². The van der Waals surface area contributed by atoms with Gasteiger partial charge in [-0.05, 0) is 65.9 Å². The highest BCUT2D eigenvalue weighted by atomic mass is 16.5. The molecule has 0 unspecified atom stereocenters. The number of carbonyl (C=O) groups excluding carboxylic acids is 1. The number of rotatable bonds is 2. The summed E-state index contributed by atoms with van der Waals surface area (Å²) in [5, 5.41) is 0. The second-order valence-electron chi connectivity index (χ2n) is 5.13. The van der Waals surface area contributed by atoms with Crippen LogP contribution < -0.4 is 4.74 Å². The van der Waals surface area contributed by atoms with Gasteiger partial charge in [-0.3, -0.25) is 4.79 Å². The minimum absolute atomic E-state index is 0.0916. The number of benzene rings is 2. The first kappa shape index (κ1) is 12.7. The molecular formula is C18H16O2. The summed E-state index contributed by atoms with van der Waals surface area (Å²) in [6.45, 7) is 4.11. The van der Waals surface area contributed by atoms with Crippen LogP contribution in [0, 0.1) is 13.8 Å². The van der Waals surface area contributed by atoms with Crippen molar-refractivity contribution in [1.82, 2.24) is 0 Å². The number of hydrogen-bond acceptors (Lipinski definition) is 2. The van der Waals surface area contributed by atoms with Crippen molar-refractivity contribution < 1.29 is 9.53 Å². The molecule has 0 saturated heterocycles. The molecule has 0 amide bonds. The van der Waals surface area contributed by atoms with Crippen LogP contribution in [0.3, 0.4) is 0 Å². The zero-order valence-electron chi connectivity index (χ0n) is 11.9. The van der Waals surface area contributed by atoms with Crippen LogP contribution in [0.2, 0.25) is 0 Å². The van der Waals surface area contributed by atoms with E-state index in [-0.39, 0.29) is 5.78 Å². The van der Waals surface area contributed by atoms with Crippen LogP contribution in [0.25, 0.3) is 5.57 Å². The Labute approximate surface area is 118 Å². The van der Waals surface area contributed by atoms with Crippen LogP contribution in [0.15, 0.2) is 42.5 Å². The molecule has 3 rings (SSSR count). The molecule has 2 heteroatoms. The summed E-state index contributed by atoms with van der Waals surface area (Å²) in [4.78, 5) is 12.1. The van der Waals surface area contributed by atoms with Gasteiger partial charge in [0.05, 0.1) is 7.11 Å². The van der Waals surface area contributed by atoms with E-state index >= 15 is 0 Å². The minimum Gasteiger partial charge on any atom is -0.497 e. The Morgan fingerprint density at radius 1 is 0.900 bits per heavy atom. The molecule has 2 aromatic carbocycles. The van der Waals surface area contributed by atoms with Crippen LogP contribution in [-0.4, -0.2) is 12.9 Å². The first-order valence-electron chi connectivity index (χ1n) is 6.62. The molecule has 2 aromatic rings. The predicted molar refractivity (Wildman–Crippen MR) is 80.3 cm³/mol. The van der Waals surface area contributed by atoms with Crippen molar-refractivity contribution in [2.75, 3.05) is 7.11 Å². The highest BCUT2D eigenvalue weighted by Gasteiger charge is 2.22. The van der Waals surface area contributed by atoms with Crippen molar-refractivity contribution in [3.05, 3.63) is 70.3 Å². The first-order chi connectivity index (χ1) is 9.60. The van der Waals surface area contributed by atoms with Crippen molar-refractivity contribution >= 4 is 11.4 Å². The summed E-state index contributed by atoms with van der Waals surface area (Å²) in [5.41, 5.74) is 6.23. The first-order valence-corrected chi connectivity index (χ1v) is 6.62. The fourth-order valence-electron chi connectivity index (χ4n) is 2.54. The molecule has 0 spiro atoms. The second-order valence-corrected chi connectivity index (χ2v) is 5.13. The number of ether oxygens (including phenoxy) is 1. The molecule has 0 heterocycles. The molecule has 1 aliphatic rings. The van der Waals surface area contributed by atoms with Crippen molar-refractivity contribution in [2.24, 2.45) is 0 Å². The van der Waals surface area contributed by atoms with Crippen LogP contribution in [0.5, 0.6) is 5.75 Å². The predicted octanol–water partition coefficient (Wildman–Crippen LogP) is 3.94. The summed E-state index contributed by atoms with van der Waals surface area (Å²) in [5.74, 6) is 0.910. The van der Waals surface area contributed by atoms with Crippen LogP contribution in [0.4, 0.5) is 0 Å². The molecule has 0 fully saturated rings. The van der Waals surface area contributed by atoms with E-state index in [4.69, 9.17) is 4.74 Å². The van der Waals surface area contributed by atoms with E-state index in [1.807, 2.05) is 37.3 Å². The van der Waals surface area contributed by atoms with Crippen LogP contribution >= 0.6 is 0 Å². The van der Waals surface area contributed by atoms with Gasteiger partial charge in [0.15, 0.2) is 5.78 Å². The van der Waals surface area contributed by atoms with Crippen LogP contribution in [0.1, 0.15) is 32.6 Å². The van der Waals surface area contributed by atoms with Crippen LogP contribution in [-0.2, 0) is 0 Å². The van der Waals surface area contributed by atoms with Crippen molar-refractivity contribution in [1.29, 1.82) is 0 Å². The number of ketones is 1. The van der Waals surface area contributed by atoms with Gasteiger partial charge in [0.25, 0.3) is 0 Å². The van der Waals surface area contributed by atoms with Gasteiger partial charge in [0, 0.05) is 5.56 Å². The lowest BCUT2D eigenvalue weighted by Gasteiger charge is -2.09. The van der Waals surface area contributed by atoms with Crippen molar-refractivity contribution in [3.8, 4) is 5.75 Å². The largest absolute Gasteiger partial charge is 0.497 e. The lowest BCUT2D eigenvalue weighted by Crippen LogP contribution is -1.95. The summed E-state index contributed by atoms with van der Waals surface area (Å²) >= 11 is 0. The third-order valence-electron chi connectivity index (χ3n) is 3.87. The number of fused-ring (bicyclic) bond motifs is 1. The minimum atomic E-state index is 0.0916. The summed E-state index contributed by atoms with van der Waals surface area (Å²) < 4.78 is 5.17. The number of carbonyl (C=O) groups is 1. The maximum absolute atomic E-state index is 12.1. The molecule has 2 nitrogen and oxygen atoms in total. The standard InChI is InChI=1S/C18H16O2/c1-11-8-16-15(10-18(19)17(16)9-12(11)2)13-4-6-14(20-3)7-5-13/h4-10H,1-3H3. The SMILES string of the molecule is COc1ccc(C2=CC(=O)c3cc(C)c(C)cc32)cc1. The number of allylic oxidation sites excluding steroid dienone is 1. The Balaban J connectivity index is 2.11. The lowest BCUT2D eigenvalue weighted by atomic mass is 9.95. The highest BCUT2D eigenvalue weighted by Crippen LogP contribution is 2.34. The quantitative estimate of drug-likeness (QED) is 0.821. The maximum Gasteiger partial charge on any atom is 0.187 e. The van der Waals surface area contributed by atoms with Gasteiger partial charge >= 0.3 is 0 Å². The van der Waals surface area contributed by atoms with Gasteiger partial charge in [-0.2, -0.15) is 0 Å². The average Bonchev–Trinajstić information content (AvgIpc) is 2.77. The van der Waals surface area contributed by atoms with Gasteiger partial charge in [0.2, 0.25) is 0 Å². The lowest BCUT2D eigenvalue weighted by molar-refractivity contribution is 0.105. The zero-order valence-corrected chi connectivity index (χ0v) is 11.9. The Morgan fingerprint density at radius 2 is 1.50 bits per heavy atom. The molecule has 100 valence electrons. The van der Waals surface area contributed by atoms with Gasteiger partial charge < -0.3 is 4.74 Å². The Hall–Kier alpha value is -2.35. The third kappa shape index (κ3) is 1.94. The molecule has 0 saturated carbocycles. The van der Waals surface area contributed by atoms with E-state index in [0.29, 0.717) is 0 Å². The average molecular weight is 264 g/mol. The Bertz CT molecular complexity index is 722. The molecular weight excluding hydrogens is 248 g/mol. The fraction of sp³-hybridized carbons (Fsp3) is 0.167. The zero-order chi connectivity index (χ0) is 14.3. The summed E-state index contributed by atoms with van der Waals surface area (Å²) in [6, 6.07) is 11.9. The number of aryl methyl sites for hydroxylation is 2. The van der Waals surface area contributed by atoms with E-state index < -0.39 is 0 Å². The molecule has 0 aromatic heterocycles. The smallest absolute Gasteiger partial charge is 0.187 e. The van der Waals surface area contributed by atoms with Crippen molar-refractivity contribution in [2.45, 2.75) is 13.8 Å². The Kier molecular flexibility index (Phi) is 2.94. The molecule has 0 aliphatic heterocycles. The number of hydrogen-bond donors (Lipinski definition) is 0.